The van der Waals surface area contributed by atoms with E-state index in [9.17, 15) is 14.4 Å². The molecule has 0 saturated carbocycles. The van der Waals surface area contributed by atoms with Crippen LogP contribution in [0.3, 0.4) is 0 Å². The van der Waals surface area contributed by atoms with Gasteiger partial charge in [0.05, 0.1) is 25.8 Å². The molecule has 156 valence electrons. The molecule has 0 bridgehead atoms. The summed E-state index contributed by atoms with van der Waals surface area (Å²) in [6, 6.07) is 10.4. The van der Waals surface area contributed by atoms with Gasteiger partial charge in [-0.1, -0.05) is 23.7 Å². The molecule has 1 aliphatic rings. The Labute approximate surface area is 179 Å². The normalized spacial score (nSPS) is 13.8. The van der Waals surface area contributed by atoms with Gasteiger partial charge in [0.1, 0.15) is 0 Å². The van der Waals surface area contributed by atoms with Gasteiger partial charge in [0.2, 0.25) is 17.7 Å². The van der Waals surface area contributed by atoms with Gasteiger partial charge < -0.3 is 14.8 Å². The van der Waals surface area contributed by atoms with E-state index in [-0.39, 0.29) is 37.1 Å². The molecule has 0 radical (unpaired) electrons. The molecule has 7 nitrogen and oxygen atoms in total. The number of imide groups is 1. The fraction of sp³-hybridized carbons (Fsp3) is 0.227. The highest BCUT2D eigenvalue weighted by atomic mass is 35.5. The standard InChI is InChI=1S/C22H21ClN2O5/c1-29-18-12-15(11-17(23)22(18)30-2)5-8-19(26)24-16-6-3-14(4-7-16)13-25-20(27)9-10-21(25)28/h3-8,11-12H,9-10,13H2,1-2H3,(H,24,26)/b8-5+. The number of nitrogens with one attached hydrogen (secondary N) is 1. The van der Waals surface area contributed by atoms with E-state index in [2.05, 4.69) is 5.32 Å². The fourth-order valence-corrected chi connectivity index (χ4v) is 3.36. The molecule has 0 spiro atoms. The van der Waals surface area contributed by atoms with Crippen LogP contribution < -0.4 is 14.8 Å². The minimum Gasteiger partial charge on any atom is -0.493 e. The second-order valence-electron chi connectivity index (χ2n) is 6.63. The lowest BCUT2D eigenvalue weighted by atomic mass is 10.1. The average Bonchev–Trinajstić information content (AvgIpc) is 3.05. The van der Waals surface area contributed by atoms with E-state index >= 15 is 0 Å². The van der Waals surface area contributed by atoms with Crippen LogP contribution in [0.15, 0.2) is 42.5 Å². The molecule has 1 saturated heterocycles. The Hall–Kier alpha value is -3.32. The van der Waals surface area contributed by atoms with Gasteiger partial charge in [0, 0.05) is 24.6 Å². The molecular formula is C22H21ClN2O5. The smallest absolute Gasteiger partial charge is 0.248 e. The summed E-state index contributed by atoms with van der Waals surface area (Å²) >= 11 is 6.17. The third-order valence-electron chi connectivity index (χ3n) is 4.60. The van der Waals surface area contributed by atoms with Crippen LogP contribution in [0.1, 0.15) is 24.0 Å². The summed E-state index contributed by atoms with van der Waals surface area (Å²) in [6.07, 6.45) is 3.53. The van der Waals surface area contributed by atoms with Crippen LogP contribution in [0.25, 0.3) is 6.08 Å². The van der Waals surface area contributed by atoms with Crippen molar-refractivity contribution in [2.75, 3.05) is 19.5 Å². The number of hydrogen-bond donors (Lipinski definition) is 1. The number of halogens is 1. The van der Waals surface area contributed by atoms with Crippen LogP contribution in [0, 0.1) is 0 Å². The lowest BCUT2D eigenvalue weighted by Crippen LogP contribution is -2.28. The van der Waals surface area contributed by atoms with Crippen LogP contribution in [0.5, 0.6) is 11.5 Å². The molecule has 1 heterocycles. The third kappa shape index (κ3) is 4.99. The Bertz CT molecular complexity index is 985. The highest BCUT2D eigenvalue weighted by Crippen LogP contribution is 2.36. The van der Waals surface area contributed by atoms with Crippen molar-refractivity contribution in [1.29, 1.82) is 0 Å². The van der Waals surface area contributed by atoms with Crippen molar-refractivity contribution in [2.45, 2.75) is 19.4 Å². The predicted octanol–water partition coefficient (Wildman–Crippen LogP) is 3.66. The van der Waals surface area contributed by atoms with Gasteiger partial charge in [-0.05, 0) is 41.5 Å². The lowest BCUT2D eigenvalue weighted by Gasteiger charge is -2.14. The van der Waals surface area contributed by atoms with Crippen LogP contribution in [0.4, 0.5) is 5.69 Å². The van der Waals surface area contributed by atoms with Crippen molar-refractivity contribution < 1.29 is 23.9 Å². The molecule has 1 fully saturated rings. The van der Waals surface area contributed by atoms with Gasteiger partial charge in [-0.3, -0.25) is 19.3 Å². The molecule has 2 aromatic carbocycles. The number of ether oxygens (including phenoxy) is 2. The number of anilines is 1. The van der Waals surface area contributed by atoms with Gasteiger partial charge in [-0.15, -0.1) is 0 Å². The average molecular weight is 429 g/mol. The van der Waals surface area contributed by atoms with E-state index < -0.39 is 0 Å². The highest BCUT2D eigenvalue weighted by Gasteiger charge is 2.28. The van der Waals surface area contributed by atoms with Crippen LogP contribution in [-0.4, -0.2) is 36.8 Å². The Morgan fingerprint density at radius 1 is 1.10 bits per heavy atom. The van der Waals surface area contributed by atoms with Crippen molar-refractivity contribution in [1.82, 2.24) is 4.90 Å². The first-order chi connectivity index (χ1) is 14.4. The first-order valence-electron chi connectivity index (χ1n) is 9.24. The molecule has 0 aromatic heterocycles. The summed E-state index contributed by atoms with van der Waals surface area (Å²) in [5.41, 5.74) is 2.09. The number of carbonyl (C=O) groups excluding carboxylic acids is 3. The first kappa shape index (κ1) is 21.4. The van der Waals surface area contributed by atoms with E-state index in [1.54, 1.807) is 42.5 Å². The van der Waals surface area contributed by atoms with Gasteiger partial charge >= 0.3 is 0 Å². The van der Waals surface area contributed by atoms with Gasteiger partial charge in [-0.2, -0.15) is 0 Å². The minimum atomic E-state index is -0.321. The van der Waals surface area contributed by atoms with Gasteiger partial charge in [-0.25, -0.2) is 0 Å². The van der Waals surface area contributed by atoms with Crippen molar-refractivity contribution >= 4 is 41.1 Å². The Morgan fingerprint density at radius 2 is 1.77 bits per heavy atom. The van der Waals surface area contributed by atoms with Crippen molar-refractivity contribution in [2.24, 2.45) is 0 Å². The second-order valence-corrected chi connectivity index (χ2v) is 7.04. The molecule has 30 heavy (non-hydrogen) atoms. The molecular weight excluding hydrogens is 408 g/mol. The van der Waals surface area contributed by atoms with Crippen LogP contribution in [-0.2, 0) is 20.9 Å². The molecule has 3 amide bonds. The minimum absolute atomic E-state index is 0.155. The molecule has 2 aromatic rings. The van der Waals surface area contributed by atoms with E-state index in [1.807, 2.05) is 0 Å². The third-order valence-corrected chi connectivity index (χ3v) is 4.88. The van der Waals surface area contributed by atoms with Crippen molar-refractivity contribution in [3.05, 3.63) is 58.6 Å². The number of rotatable bonds is 7. The van der Waals surface area contributed by atoms with Crippen molar-refractivity contribution in [3.8, 4) is 11.5 Å². The van der Waals surface area contributed by atoms with Gasteiger partial charge in [0.25, 0.3) is 0 Å². The highest BCUT2D eigenvalue weighted by molar-refractivity contribution is 6.32. The molecule has 8 heteroatoms. The Balaban J connectivity index is 1.61. The summed E-state index contributed by atoms with van der Waals surface area (Å²) in [5, 5.41) is 3.13. The summed E-state index contributed by atoms with van der Waals surface area (Å²) in [5.74, 6) is 0.267. The van der Waals surface area contributed by atoms with E-state index in [1.165, 1.54) is 25.2 Å². The number of benzene rings is 2. The van der Waals surface area contributed by atoms with Gasteiger partial charge in [0.15, 0.2) is 11.5 Å². The molecule has 0 aliphatic carbocycles. The lowest BCUT2D eigenvalue weighted by molar-refractivity contribution is -0.139. The largest absolute Gasteiger partial charge is 0.493 e. The van der Waals surface area contributed by atoms with Crippen molar-refractivity contribution in [3.63, 3.8) is 0 Å². The number of likely N-dealkylation sites (tertiary alicyclic amines) is 1. The summed E-state index contributed by atoms with van der Waals surface area (Å²) in [4.78, 5) is 36.9. The maximum absolute atomic E-state index is 12.2. The Morgan fingerprint density at radius 3 is 2.37 bits per heavy atom. The quantitative estimate of drug-likeness (QED) is 0.537. The zero-order valence-electron chi connectivity index (χ0n) is 16.6. The maximum Gasteiger partial charge on any atom is 0.248 e. The van der Waals surface area contributed by atoms with E-state index in [0.717, 1.165) is 5.56 Å². The van der Waals surface area contributed by atoms with E-state index in [0.29, 0.717) is 27.8 Å². The summed E-state index contributed by atoms with van der Waals surface area (Å²) < 4.78 is 10.4. The summed E-state index contributed by atoms with van der Waals surface area (Å²) in [7, 11) is 3.01. The number of carbonyl (C=O) groups is 3. The zero-order valence-corrected chi connectivity index (χ0v) is 17.4. The number of nitrogens with zero attached hydrogens (tertiary/aromatic N) is 1. The summed E-state index contributed by atoms with van der Waals surface area (Å²) in [6.45, 7) is 0.242. The first-order valence-corrected chi connectivity index (χ1v) is 9.61. The molecule has 0 atom stereocenters. The number of hydrogen-bond acceptors (Lipinski definition) is 5. The zero-order chi connectivity index (χ0) is 21.7. The molecule has 1 aliphatic heterocycles. The van der Waals surface area contributed by atoms with Crippen LogP contribution in [0.2, 0.25) is 5.02 Å². The monoisotopic (exact) mass is 428 g/mol. The maximum atomic E-state index is 12.2. The molecule has 0 unspecified atom stereocenters. The predicted molar refractivity (Wildman–Crippen MR) is 113 cm³/mol. The molecule has 3 rings (SSSR count). The molecule has 1 N–H and O–H groups in total. The Kier molecular flexibility index (Phi) is 6.74. The number of methoxy groups -OCH3 is 2. The fourth-order valence-electron chi connectivity index (χ4n) is 3.07. The number of amides is 3. The SMILES string of the molecule is COc1cc(/C=C/C(=O)Nc2ccc(CN3C(=O)CCC3=O)cc2)cc(Cl)c1OC. The van der Waals surface area contributed by atoms with E-state index in [4.69, 9.17) is 21.1 Å². The topological polar surface area (TPSA) is 84.9 Å². The van der Waals surface area contributed by atoms with Crippen LogP contribution >= 0.6 is 11.6 Å². The second kappa shape index (κ2) is 9.45.